The predicted molar refractivity (Wildman–Crippen MR) is 118 cm³/mol. The molecule has 0 bridgehead atoms. The van der Waals surface area contributed by atoms with E-state index in [1.807, 2.05) is 41.3 Å². The van der Waals surface area contributed by atoms with Gasteiger partial charge < -0.3 is 4.90 Å². The summed E-state index contributed by atoms with van der Waals surface area (Å²) in [5, 5.41) is 0. The number of amides is 1. The molecule has 5 nitrogen and oxygen atoms in total. The number of anilines is 1. The van der Waals surface area contributed by atoms with Crippen LogP contribution in [0.3, 0.4) is 0 Å². The third-order valence-corrected chi connectivity index (χ3v) is 7.20. The summed E-state index contributed by atoms with van der Waals surface area (Å²) in [7, 11) is -3.88. The van der Waals surface area contributed by atoms with Crippen molar-refractivity contribution in [3.05, 3.63) is 96.6 Å². The van der Waals surface area contributed by atoms with Crippen LogP contribution in [0.4, 0.5) is 5.69 Å². The van der Waals surface area contributed by atoms with E-state index in [1.165, 1.54) is 4.31 Å². The summed E-state index contributed by atoms with van der Waals surface area (Å²) < 4.78 is 28.0. The molecular weight excluding hydrogens is 396 g/mol. The molecule has 1 unspecified atom stereocenters. The zero-order chi connectivity index (χ0) is 21.0. The van der Waals surface area contributed by atoms with E-state index in [2.05, 4.69) is 0 Å². The maximum atomic E-state index is 13.4. The molecule has 1 fully saturated rings. The molecule has 3 aromatic carbocycles. The summed E-state index contributed by atoms with van der Waals surface area (Å²) in [6, 6.07) is 27.0. The van der Waals surface area contributed by atoms with Gasteiger partial charge in [-0.2, -0.15) is 0 Å². The van der Waals surface area contributed by atoms with Crippen LogP contribution in [-0.2, 0) is 14.8 Å². The molecule has 0 spiro atoms. The number of para-hydroxylation sites is 1. The molecule has 1 aliphatic rings. The van der Waals surface area contributed by atoms with Gasteiger partial charge >= 0.3 is 0 Å². The van der Waals surface area contributed by atoms with E-state index in [-0.39, 0.29) is 23.4 Å². The lowest BCUT2D eigenvalue weighted by molar-refractivity contribution is -0.130. The maximum absolute atomic E-state index is 13.4. The molecule has 0 saturated carbocycles. The molecule has 3 aromatic rings. The van der Waals surface area contributed by atoms with E-state index in [9.17, 15) is 13.2 Å². The first-order chi connectivity index (χ1) is 14.6. The number of rotatable bonds is 6. The highest BCUT2D eigenvalue weighted by molar-refractivity contribution is 7.92. The van der Waals surface area contributed by atoms with Crippen molar-refractivity contribution in [3.8, 4) is 0 Å². The van der Waals surface area contributed by atoms with Gasteiger partial charge in [-0.05, 0) is 42.7 Å². The Kier molecular flexibility index (Phi) is 5.86. The van der Waals surface area contributed by atoms with E-state index in [1.54, 1.807) is 54.6 Å². The van der Waals surface area contributed by atoms with Crippen molar-refractivity contribution in [1.82, 2.24) is 4.90 Å². The van der Waals surface area contributed by atoms with Crippen LogP contribution >= 0.6 is 0 Å². The number of carbonyl (C=O) groups excluding carboxylic acids is 1. The monoisotopic (exact) mass is 420 g/mol. The van der Waals surface area contributed by atoms with Crippen molar-refractivity contribution in [3.63, 3.8) is 0 Å². The Bertz CT molecular complexity index is 1090. The lowest BCUT2D eigenvalue weighted by Gasteiger charge is -2.29. The molecule has 30 heavy (non-hydrogen) atoms. The number of hydrogen-bond acceptors (Lipinski definition) is 3. The summed E-state index contributed by atoms with van der Waals surface area (Å²) in [6.07, 6.45) is 1.79. The van der Waals surface area contributed by atoms with E-state index in [0.29, 0.717) is 12.2 Å². The molecular formula is C24H24N2O3S. The third kappa shape index (κ3) is 4.09. The first kappa shape index (κ1) is 20.2. The van der Waals surface area contributed by atoms with Crippen molar-refractivity contribution in [2.75, 3.05) is 17.4 Å². The molecule has 1 heterocycles. The first-order valence-corrected chi connectivity index (χ1v) is 11.5. The number of nitrogens with zero attached hydrogens (tertiary/aromatic N) is 2. The smallest absolute Gasteiger partial charge is 0.264 e. The first-order valence-electron chi connectivity index (χ1n) is 10.0. The number of carbonyl (C=O) groups is 1. The molecule has 0 aromatic heterocycles. The van der Waals surface area contributed by atoms with Crippen LogP contribution < -0.4 is 4.31 Å². The Morgan fingerprint density at radius 1 is 0.867 bits per heavy atom. The highest BCUT2D eigenvalue weighted by Crippen LogP contribution is 2.32. The zero-order valence-electron chi connectivity index (χ0n) is 16.6. The Labute approximate surface area is 177 Å². The lowest BCUT2D eigenvalue weighted by atomic mass is 10.0. The van der Waals surface area contributed by atoms with Gasteiger partial charge in [-0.1, -0.05) is 66.7 Å². The van der Waals surface area contributed by atoms with Crippen LogP contribution in [0.15, 0.2) is 95.9 Å². The van der Waals surface area contributed by atoms with Gasteiger partial charge in [-0.3, -0.25) is 9.10 Å². The van der Waals surface area contributed by atoms with E-state index in [4.69, 9.17) is 0 Å². The van der Waals surface area contributed by atoms with Gasteiger partial charge in [0.15, 0.2) is 0 Å². The van der Waals surface area contributed by atoms with Crippen LogP contribution in [0.5, 0.6) is 0 Å². The van der Waals surface area contributed by atoms with Gasteiger partial charge in [0, 0.05) is 6.54 Å². The molecule has 1 aliphatic heterocycles. The summed E-state index contributed by atoms with van der Waals surface area (Å²) in [5.74, 6) is -0.190. The fourth-order valence-corrected chi connectivity index (χ4v) is 5.36. The highest BCUT2D eigenvalue weighted by Gasteiger charge is 2.34. The molecule has 0 radical (unpaired) electrons. The second-order valence-electron chi connectivity index (χ2n) is 7.32. The third-order valence-electron chi connectivity index (χ3n) is 5.41. The highest BCUT2D eigenvalue weighted by atomic mass is 32.2. The van der Waals surface area contributed by atoms with E-state index < -0.39 is 10.0 Å². The van der Waals surface area contributed by atoms with Crippen molar-refractivity contribution < 1.29 is 13.2 Å². The largest absolute Gasteiger partial charge is 0.334 e. The number of sulfonamides is 1. The van der Waals surface area contributed by atoms with E-state index >= 15 is 0 Å². The number of likely N-dealkylation sites (tertiary alicyclic amines) is 1. The minimum atomic E-state index is -3.88. The standard InChI is InChI=1S/C24H24N2O3S/c27-24(25-18-10-17-23(25)20-11-4-1-5-12-20)19-26(21-13-6-2-7-14-21)30(28,29)22-15-8-3-9-16-22/h1-9,11-16,23H,10,17-19H2. The van der Waals surface area contributed by atoms with Crippen LogP contribution in [-0.4, -0.2) is 32.3 Å². The summed E-state index contributed by atoms with van der Waals surface area (Å²) in [5.41, 5.74) is 1.56. The SMILES string of the molecule is O=C(CN(c1ccccc1)S(=O)(=O)c1ccccc1)N1CCCC1c1ccccc1. The molecule has 154 valence electrons. The Morgan fingerprint density at radius 3 is 2.07 bits per heavy atom. The Balaban J connectivity index is 1.65. The zero-order valence-corrected chi connectivity index (χ0v) is 17.4. The Morgan fingerprint density at radius 2 is 1.43 bits per heavy atom. The lowest BCUT2D eigenvalue weighted by Crippen LogP contribution is -2.42. The average Bonchev–Trinajstić information content (AvgIpc) is 3.29. The van der Waals surface area contributed by atoms with Crippen LogP contribution in [0.2, 0.25) is 0 Å². The molecule has 4 rings (SSSR count). The second-order valence-corrected chi connectivity index (χ2v) is 9.18. The fourth-order valence-electron chi connectivity index (χ4n) is 3.93. The predicted octanol–water partition coefficient (Wildman–Crippen LogP) is 4.25. The molecule has 6 heteroatoms. The molecule has 1 amide bonds. The molecule has 1 atom stereocenters. The minimum Gasteiger partial charge on any atom is -0.334 e. The fraction of sp³-hybridized carbons (Fsp3) is 0.208. The van der Waals surface area contributed by atoms with Crippen molar-refractivity contribution in [2.24, 2.45) is 0 Å². The van der Waals surface area contributed by atoms with Crippen LogP contribution in [0.25, 0.3) is 0 Å². The van der Waals surface area contributed by atoms with Gasteiger partial charge in [-0.25, -0.2) is 8.42 Å². The quantitative estimate of drug-likeness (QED) is 0.599. The van der Waals surface area contributed by atoms with E-state index in [0.717, 1.165) is 18.4 Å². The van der Waals surface area contributed by atoms with Gasteiger partial charge in [-0.15, -0.1) is 0 Å². The van der Waals surface area contributed by atoms with Crippen molar-refractivity contribution >= 4 is 21.6 Å². The van der Waals surface area contributed by atoms with Crippen molar-refractivity contribution in [1.29, 1.82) is 0 Å². The van der Waals surface area contributed by atoms with Gasteiger partial charge in [0.25, 0.3) is 10.0 Å². The number of hydrogen-bond donors (Lipinski definition) is 0. The van der Waals surface area contributed by atoms with Crippen LogP contribution in [0, 0.1) is 0 Å². The van der Waals surface area contributed by atoms with Crippen LogP contribution in [0.1, 0.15) is 24.4 Å². The molecule has 0 aliphatic carbocycles. The second kappa shape index (κ2) is 8.71. The Hall–Kier alpha value is -3.12. The number of benzene rings is 3. The average molecular weight is 421 g/mol. The topological polar surface area (TPSA) is 57.7 Å². The molecule has 0 N–H and O–H groups in total. The normalized spacial score (nSPS) is 16.4. The summed E-state index contributed by atoms with van der Waals surface area (Å²) in [6.45, 7) is 0.400. The molecule has 1 saturated heterocycles. The summed E-state index contributed by atoms with van der Waals surface area (Å²) >= 11 is 0. The van der Waals surface area contributed by atoms with Crippen molar-refractivity contribution in [2.45, 2.75) is 23.8 Å². The summed E-state index contributed by atoms with van der Waals surface area (Å²) in [4.78, 5) is 15.3. The van der Waals surface area contributed by atoms with Gasteiger partial charge in [0.2, 0.25) is 5.91 Å². The van der Waals surface area contributed by atoms with Gasteiger partial charge in [0.05, 0.1) is 16.6 Å². The maximum Gasteiger partial charge on any atom is 0.264 e. The van der Waals surface area contributed by atoms with Gasteiger partial charge in [0.1, 0.15) is 6.54 Å². The minimum absolute atomic E-state index is 0.0178.